The average molecular weight is 386 g/mol. The molecular weight excluding hydrogens is 364 g/mol. The smallest absolute Gasteiger partial charge is 0.310 e. The Kier molecular flexibility index (Phi) is 7.32. The van der Waals surface area contributed by atoms with Gasteiger partial charge in [0, 0.05) is 30.4 Å². The van der Waals surface area contributed by atoms with Crippen LogP contribution in [0.15, 0.2) is 48.5 Å². The zero-order valence-corrected chi connectivity index (χ0v) is 15.7. The number of nitrogens with zero attached hydrogens (tertiary/aromatic N) is 2. The number of nitro groups is 1. The lowest BCUT2D eigenvalue weighted by Crippen LogP contribution is -2.43. The molecule has 148 valence electrons. The molecule has 2 N–H and O–H groups in total. The van der Waals surface area contributed by atoms with E-state index in [1.807, 2.05) is 26.0 Å². The van der Waals surface area contributed by atoms with Crippen LogP contribution in [0.1, 0.15) is 24.2 Å². The summed E-state index contributed by atoms with van der Waals surface area (Å²) in [6.45, 7) is 5.33. The minimum absolute atomic E-state index is 0.0269. The van der Waals surface area contributed by atoms with Gasteiger partial charge in [0.25, 0.3) is 11.8 Å². The molecule has 0 aromatic heterocycles. The zero-order valence-electron chi connectivity index (χ0n) is 15.7. The molecule has 9 nitrogen and oxygen atoms in total. The molecule has 0 fully saturated rings. The first-order valence-electron chi connectivity index (χ1n) is 8.76. The zero-order chi connectivity index (χ0) is 20.5. The van der Waals surface area contributed by atoms with Crippen molar-refractivity contribution in [1.82, 2.24) is 10.9 Å². The quantitative estimate of drug-likeness (QED) is 0.531. The minimum atomic E-state index is -0.647. The number of benzene rings is 2. The highest BCUT2D eigenvalue weighted by Crippen LogP contribution is 2.25. The van der Waals surface area contributed by atoms with E-state index in [2.05, 4.69) is 15.8 Å². The molecule has 0 aliphatic rings. The molecule has 2 aromatic rings. The summed E-state index contributed by atoms with van der Waals surface area (Å²) >= 11 is 0. The van der Waals surface area contributed by atoms with Crippen molar-refractivity contribution in [3.8, 4) is 5.75 Å². The number of ether oxygens (including phenoxy) is 1. The number of hydrazine groups is 1. The Hall–Kier alpha value is -3.62. The second-order valence-electron chi connectivity index (χ2n) is 5.73. The standard InChI is InChI=1S/C19H22N4O5/c1-3-22(4-2)15-11-9-14(10-12-15)19(25)21-20-18(24)13-28-17-8-6-5-7-16(17)23(26)27/h5-12H,3-4,13H2,1-2H3,(H,20,24)(H,21,25). The van der Waals surface area contributed by atoms with Crippen molar-refractivity contribution in [2.45, 2.75) is 13.8 Å². The SMILES string of the molecule is CCN(CC)c1ccc(C(=O)NNC(=O)COc2ccccc2[N+](=O)[O-])cc1. The van der Waals surface area contributed by atoms with Crippen LogP contribution in [0.5, 0.6) is 5.75 Å². The van der Waals surface area contributed by atoms with Crippen molar-refractivity contribution in [2.24, 2.45) is 0 Å². The van der Waals surface area contributed by atoms with Gasteiger partial charge in [-0.15, -0.1) is 0 Å². The van der Waals surface area contributed by atoms with E-state index in [0.717, 1.165) is 18.8 Å². The molecule has 9 heteroatoms. The third-order valence-corrected chi connectivity index (χ3v) is 3.99. The monoisotopic (exact) mass is 386 g/mol. The minimum Gasteiger partial charge on any atom is -0.477 e. The van der Waals surface area contributed by atoms with Crippen LogP contribution in [0.2, 0.25) is 0 Å². The van der Waals surface area contributed by atoms with E-state index < -0.39 is 23.3 Å². The van der Waals surface area contributed by atoms with Gasteiger partial charge in [-0.1, -0.05) is 12.1 Å². The summed E-state index contributed by atoms with van der Waals surface area (Å²) in [5.74, 6) is -1.16. The predicted octanol–water partition coefficient (Wildman–Crippen LogP) is 2.28. The van der Waals surface area contributed by atoms with Crippen molar-refractivity contribution in [3.05, 3.63) is 64.2 Å². The van der Waals surface area contributed by atoms with Gasteiger partial charge >= 0.3 is 5.69 Å². The Morgan fingerprint density at radius 3 is 2.29 bits per heavy atom. The first-order chi connectivity index (χ1) is 13.5. The van der Waals surface area contributed by atoms with Gasteiger partial charge in [0.2, 0.25) is 0 Å². The summed E-state index contributed by atoms with van der Waals surface area (Å²) in [5.41, 5.74) is 5.64. The summed E-state index contributed by atoms with van der Waals surface area (Å²) in [5, 5.41) is 10.9. The topological polar surface area (TPSA) is 114 Å². The molecule has 2 amide bonds. The van der Waals surface area contributed by atoms with Gasteiger partial charge in [0.15, 0.2) is 12.4 Å². The number of para-hydroxylation sites is 2. The fraction of sp³-hybridized carbons (Fsp3) is 0.263. The van der Waals surface area contributed by atoms with E-state index in [0.29, 0.717) is 5.56 Å². The van der Waals surface area contributed by atoms with E-state index in [9.17, 15) is 19.7 Å². The van der Waals surface area contributed by atoms with Gasteiger partial charge in [-0.05, 0) is 44.2 Å². The Balaban J connectivity index is 1.86. The van der Waals surface area contributed by atoms with Crippen LogP contribution >= 0.6 is 0 Å². The first-order valence-corrected chi connectivity index (χ1v) is 8.76. The van der Waals surface area contributed by atoms with Crippen LogP contribution in [-0.4, -0.2) is 36.4 Å². The number of nitro benzene ring substituents is 1. The third-order valence-electron chi connectivity index (χ3n) is 3.99. The molecule has 0 saturated carbocycles. The highest BCUT2D eigenvalue weighted by molar-refractivity contribution is 5.95. The van der Waals surface area contributed by atoms with Crippen LogP contribution in [-0.2, 0) is 4.79 Å². The summed E-state index contributed by atoms with van der Waals surface area (Å²) < 4.78 is 5.15. The molecule has 2 aromatic carbocycles. The van der Waals surface area contributed by atoms with Gasteiger partial charge in [-0.3, -0.25) is 30.6 Å². The van der Waals surface area contributed by atoms with Gasteiger partial charge in [0.05, 0.1) is 4.92 Å². The highest BCUT2D eigenvalue weighted by Gasteiger charge is 2.15. The molecule has 0 radical (unpaired) electrons. The van der Waals surface area contributed by atoms with Crippen molar-refractivity contribution in [2.75, 3.05) is 24.6 Å². The third kappa shape index (κ3) is 5.44. The fourth-order valence-electron chi connectivity index (χ4n) is 2.52. The van der Waals surface area contributed by atoms with Crippen LogP contribution in [0, 0.1) is 10.1 Å². The van der Waals surface area contributed by atoms with E-state index in [-0.39, 0.29) is 11.4 Å². The number of amides is 2. The molecule has 0 bridgehead atoms. The lowest BCUT2D eigenvalue weighted by molar-refractivity contribution is -0.385. The fourth-order valence-corrected chi connectivity index (χ4v) is 2.52. The van der Waals surface area contributed by atoms with Crippen molar-refractivity contribution in [3.63, 3.8) is 0 Å². The number of anilines is 1. The van der Waals surface area contributed by atoms with Gasteiger partial charge < -0.3 is 9.64 Å². The number of rotatable bonds is 8. The van der Waals surface area contributed by atoms with Crippen LogP contribution < -0.4 is 20.5 Å². The Morgan fingerprint density at radius 1 is 1.04 bits per heavy atom. The van der Waals surface area contributed by atoms with E-state index in [1.54, 1.807) is 18.2 Å². The Morgan fingerprint density at radius 2 is 1.68 bits per heavy atom. The Labute approximate surface area is 162 Å². The number of carbonyl (C=O) groups excluding carboxylic acids is 2. The number of hydrogen-bond acceptors (Lipinski definition) is 6. The predicted molar refractivity (Wildman–Crippen MR) is 104 cm³/mol. The summed E-state index contributed by atoms with van der Waals surface area (Å²) in [4.78, 5) is 36.4. The number of hydrogen-bond donors (Lipinski definition) is 2. The van der Waals surface area contributed by atoms with Gasteiger partial charge in [-0.2, -0.15) is 0 Å². The maximum Gasteiger partial charge on any atom is 0.310 e. The van der Waals surface area contributed by atoms with Crippen LogP contribution in [0.25, 0.3) is 0 Å². The number of carbonyl (C=O) groups is 2. The lowest BCUT2D eigenvalue weighted by atomic mass is 10.2. The normalized spacial score (nSPS) is 10.1. The van der Waals surface area contributed by atoms with Crippen molar-refractivity contribution in [1.29, 1.82) is 0 Å². The van der Waals surface area contributed by atoms with E-state index >= 15 is 0 Å². The largest absolute Gasteiger partial charge is 0.477 e. The molecule has 0 saturated heterocycles. The summed E-state index contributed by atoms with van der Waals surface area (Å²) in [6, 6.07) is 12.7. The summed E-state index contributed by atoms with van der Waals surface area (Å²) in [6.07, 6.45) is 0. The van der Waals surface area contributed by atoms with E-state index in [4.69, 9.17) is 4.74 Å². The molecule has 0 atom stereocenters. The van der Waals surface area contributed by atoms with Crippen molar-refractivity contribution >= 4 is 23.2 Å². The maximum atomic E-state index is 12.1. The summed E-state index contributed by atoms with van der Waals surface area (Å²) in [7, 11) is 0. The second kappa shape index (κ2) is 9.91. The van der Waals surface area contributed by atoms with Crippen LogP contribution in [0.4, 0.5) is 11.4 Å². The highest BCUT2D eigenvalue weighted by atomic mass is 16.6. The van der Waals surface area contributed by atoms with E-state index in [1.165, 1.54) is 18.2 Å². The molecule has 0 heterocycles. The van der Waals surface area contributed by atoms with Crippen molar-refractivity contribution < 1.29 is 19.2 Å². The van der Waals surface area contributed by atoms with Crippen LogP contribution in [0.3, 0.4) is 0 Å². The second-order valence-corrected chi connectivity index (χ2v) is 5.73. The molecule has 28 heavy (non-hydrogen) atoms. The lowest BCUT2D eigenvalue weighted by Gasteiger charge is -2.21. The molecule has 0 unspecified atom stereocenters. The maximum absolute atomic E-state index is 12.1. The molecule has 2 rings (SSSR count). The molecular formula is C19H22N4O5. The Bertz CT molecular complexity index is 834. The molecule has 0 aliphatic carbocycles. The number of nitrogens with one attached hydrogen (secondary N) is 2. The molecule has 0 aliphatic heterocycles. The van der Waals surface area contributed by atoms with Gasteiger partial charge in [0.1, 0.15) is 0 Å². The van der Waals surface area contributed by atoms with Gasteiger partial charge in [-0.25, -0.2) is 0 Å². The molecule has 0 spiro atoms. The first kappa shape index (κ1) is 20.7. The average Bonchev–Trinajstić information content (AvgIpc) is 2.72.